The zero-order valence-corrected chi connectivity index (χ0v) is 9.56. The van der Waals surface area contributed by atoms with Crippen LogP contribution in [0.4, 0.5) is 31.1 Å². The van der Waals surface area contributed by atoms with Gasteiger partial charge < -0.3 is 9.26 Å². The highest BCUT2D eigenvalue weighted by Crippen LogP contribution is 2.50. The maximum atomic E-state index is 11.7. The zero-order valence-electron chi connectivity index (χ0n) is 8.67. The van der Waals surface area contributed by atoms with E-state index in [0.29, 0.717) is 7.11 Å². The summed E-state index contributed by atoms with van der Waals surface area (Å²) in [7, 11) is -4.52. The van der Waals surface area contributed by atoms with Crippen molar-refractivity contribution in [1.29, 1.82) is 0 Å². The Balaban J connectivity index is 4.55. The van der Waals surface area contributed by atoms with Gasteiger partial charge in [0, 0.05) is 7.11 Å². The zero-order chi connectivity index (χ0) is 14.6. The Labute approximate surface area is 96.5 Å². The summed E-state index contributed by atoms with van der Waals surface area (Å²) in [5.41, 5.74) is -2.15. The second kappa shape index (κ2) is 5.89. The third kappa shape index (κ3) is 6.82. The molecule has 0 amide bonds. The van der Waals surface area contributed by atoms with Gasteiger partial charge in [-0.05, 0) is 0 Å². The minimum atomic E-state index is -5.05. The standard InChI is InChI=1S/C6H7F6O5P/c1-15-18(14,17-3-6(10,11)12)4(13)16-2-5(7,8)9/h2-3H2,1H3. The molecule has 18 heavy (non-hydrogen) atoms. The minimum Gasteiger partial charge on any atom is -0.447 e. The number of ether oxygens (including phenoxy) is 1. The van der Waals surface area contributed by atoms with Crippen LogP contribution in [-0.2, 0) is 18.3 Å². The van der Waals surface area contributed by atoms with Crippen LogP contribution < -0.4 is 0 Å². The van der Waals surface area contributed by atoms with E-state index in [-0.39, 0.29) is 0 Å². The first-order valence-corrected chi connectivity index (χ1v) is 5.55. The summed E-state index contributed by atoms with van der Waals surface area (Å²) in [4.78, 5) is 10.9. The van der Waals surface area contributed by atoms with Crippen LogP contribution in [0, 0.1) is 0 Å². The molecule has 0 aliphatic carbocycles. The van der Waals surface area contributed by atoms with Gasteiger partial charge in [-0.15, -0.1) is 0 Å². The average molecular weight is 304 g/mol. The van der Waals surface area contributed by atoms with Crippen molar-refractivity contribution in [3.8, 4) is 0 Å². The molecule has 0 N–H and O–H groups in total. The van der Waals surface area contributed by atoms with Crippen LogP contribution in [0.15, 0.2) is 0 Å². The van der Waals surface area contributed by atoms with Crippen molar-refractivity contribution >= 4 is 13.3 Å². The van der Waals surface area contributed by atoms with Gasteiger partial charge in [-0.3, -0.25) is 4.52 Å². The molecule has 0 bridgehead atoms. The molecule has 0 rings (SSSR count). The average Bonchev–Trinajstić information content (AvgIpc) is 2.20. The van der Waals surface area contributed by atoms with Crippen molar-refractivity contribution in [2.24, 2.45) is 0 Å². The Morgan fingerprint density at radius 2 is 1.50 bits per heavy atom. The molecule has 108 valence electrons. The summed E-state index contributed by atoms with van der Waals surface area (Å²) in [6.07, 6.45) is -9.85. The Hall–Kier alpha value is -0.800. The number of carbonyl (C=O) groups excluding carboxylic acids is 1. The number of hydrogen-bond donors (Lipinski definition) is 0. The molecule has 0 aromatic heterocycles. The smallest absolute Gasteiger partial charge is 0.438 e. The third-order valence-electron chi connectivity index (χ3n) is 1.22. The molecule has 0 heterocycles. The maximum absolute atomic E-state index is 11.7. The summed E-state index contributed by atoms with van der Waals surface area (Å²) < 4.78 is 92.4. The van der Waals surface area contributed by atoms with E-state index >= 15 is 0 Å². The summed E-state index contributed by atoms with van der Waals surface area (Å²) in [5, 5.41) is 0. The Morgan fingerprint density at radius 3 is 1.83 bits per heavy atom. The van der Waals surface area contributed by atoms with Crippen LogP contribution in [0.2, 0.25) is 0 Å². The van der Waals surface area contributed by atoms with Gasteiger partial charge in [0.05, 0.1) is 0 Å². The fraction of sp³-hybridized carbons (Fsp3) is 0.833. The normalized spacial score (nSPS) is 16.2. The number of halogens is 6. The summed E-state index contributed by atoms with van der Waals surface area (Å²) in [5.74, 6) is 0. The van der Waals surface area contributed by atoms with E-state index in [0.717, 1.165) is 0 Å². The lowest BCUT2D eigenvalue weighted by molar-refractivity contribution is -0.161. The van der Waals surface area contributed by atoms with Gasteiger partial charge in [0.25, 0.3) is 0 Å². The van der Waals surface area contributed by atoms with Gasteiger partial charge in [-0.1, -0.05) is 0 Å². The third-order valence-corrected chi connectivity index (χ3v) is 2.75. The highest BCUT2D eigenvalue weighted by molar-refractivity contribution is 7.71. The van der Waals surface area contributed by atoms with E-state index < -0.39 is 38.9 Å². The lowest BCUT2D eigenvalue weighted by Gasteiger charge is -2.16. The second-order valence-electron chi connectivity index (χ2n) is 2.74. The summed E-state index contributed by atoms with van der Waals surface area (Å²) in [6.45, 7) is -4.24. The van der Waals surface area contributed by atoms with Crippen LogP contribution in [0.1, 0.15) is 0 Å². The Kier molecular flexibility index (Phi) is 5.63. The summed E-state index contributed by atoms with van der Waals surface area (Å²) in [6, 6.07) is 0. The molecule has 0 saturated heterocycles. The first-order chi connectivity index (χ1) is 7.90. The molecule has 0 spiro atoms. The predicted molar refractivity (Wildman–Crippen MR) is 44.0 cm³/mol. The quantitative estimate of drug-likeness (QED) is 0.577. The highest BCUT2D eigenvalue weighted by Gasteiger charge is 2.42. The first kappa shape index (κ1) is 17.2. The number of hydrogen-bond acceptors (Lipinski definition) is 5. The molecular formula is C6H7F6O5P. The van der Waals surface area contributed by atoms with E-state index in [9.17, 15) is 35.7 Å². The van der Waals surface area contributed by atoms with Crippen molar-refractivity contribution in [2.75, 3.05) is 20.3 Å². The second-order valence-corrected chi connectivity index (χ2v) is 4.72. The number of carbonyl (C=O) groups is 1. The maximum Gasteiger partial charge on any atom is 0.438 e. The molecule has 0 saturated carbocycles. The SMILES string of the molecule is COP(=O)(OCC(F)(F)F)C(=O)OCC(F)(F)F. The van der Waals surface area contributed by atoms with Crippen LogP contribution in [0.25, 0.3) is 0 Å². The van der Waals surface area contributed by atoms with Gasteiger partial charge in [-0.2, -0.15) is 26.3 Å². The molecule has 1 atom stereocenters. The Bertz CT molecular complexity index is 336. The molecule has 0 aromatic rings. The van der Waals surface area contributed by atoms with E-state index in [1.54, 1.807) is 0 Å². The molecule has 0 aromatic carbocycles. The Morgan fingerprint density at radius 1 is 1.06 bits per heavy atom. The van der Waals surface area contributed by atoms with Gasteiger partial charge in [-0.25, -0.2) is 9.36 Å². The lowest BCUT2D eigenvalue weighted by Crippen LogP contribution is -2.22. The largest absolute Gasteiger partial charge is 0.447 e. The van der Waals surface area contributed by atoms with Gasteiger partial charge in [0.1, 0.15) is 0 Å². The fourth-order valence-corrected chi connectivity index (χ4v) is 1.46. The lowest BCUT2D eigenvalue weighted by atomic mass is 10.7. The highest BCUT2D eigenvalue weighted by atomic mass is 31.2. The van der Waals surface area contributed by atoms with Crippen molar-refractivity contribution in [3.05, 3.63) is 0 Å². The van der Waals surface area contributed by atoms with Crippen molar-refractivity contribution in [1.82, 2.24) is 0 Å². The van der Waals surface area contributed by atoms with Crippen LogP contribution in [0.3, 0.4) is 0 Å². The predicted octanol–water partition coefficient (Wildman–Crippen LogP) is 3.10. The first-order valence-electron chi connectivity index (χ1n) is 4.01. The molecule has 12 heteroatoms. The monoisotopic (exact) mass is 304 g/mol. The van der Waals surface area contributed by atoms with Gasteiger partial charge in [0.2, 0.25) is 0 Å². The van der Waals surface area contributed by atoms with E-state index in [1.165, 1.54) is 0 Å². The minimum absolute atomic E-state index is 0.534. The van der Waals surface area contributed by atoms with E-state index in [4.69, 9.17) is 0 Å². The number of rotatable bonds is 5. The van der Waals surface area contributed by atoms with Crippen molar-refractivity contribution in [3.63, 3.8) is 0 Å². The molecule has 0 fully saturated rings. The van der Waals surface area contributed by atoms with Crippen LogP contribution in [0.5, 0.6) is 0 Å². The van der Waals surface area contributed by atoms with Crippen molar-refractivity contribution < 1.29 is 49.5 Å². The van der Waals surface area contributed by atoms with Crippen LogP contribution in [-0.4, -0.2) is 38.4 Å². The van der Waals surface area contributed by atoms with E-state index in [2.05, 4.69) is 13.8 Å². The molecule has 0 aliphatic rings. The van der Waals surface area contributed by atoms with Crippen molar-refractivity contribution in [2.45, 2.75) is 12.4 Å². The molecular weight excluding hydrogens is 297 g/mol. The molecule has 0 radical (unpaired) electrons. The molecule has 0 aliphatic heterocycles. The van der Waals surface area contributed by atoms with Gasteiger partial charge in [0.15, 0.2) is 13.2 Å². The molecule has 5 nitrogen and oxygen atoms in total. The summed E-state index contributed by atoms with van der Waals surface area (Å²) >= 11 is 0. The van der Waals surface area contributed by atoms with E-state index in [1.807, 2.05) is 0 Å². The fourth-order valence-electron chi connectivity index (χ4n) is 0.561. The van der Waals surface area contributed by atoms with Crippen LogP contribution >= 0.6 is 7.60 Å². The number of alkyl halides is 6. The van der Waals surface area contributed by atoms with Gasteiger partial charge >= 0.3 is 25.7 Å². The topological polar surface area (TPSA) is 61.8 Å². The molecule has 1 unspecified atom stereocenters.